The van der Waals surface area contributed by atoms with E-state index in [1.54, 1.807) is 0 Å². The second-order valence-electron chi connectivity index (χ2n) is 2.22. The van der Waals surface area contributed by atoms with Crippen molar-refractivity contribution in [3.05, 3.63) is 23.2 Å². The van der Waals surface area contributed by atoms with Crippen molar-refractivity contribution in [2.45, 2.75) is 13.3 Å². The van der Waals surface area contributed by atoms with E-state index >= 15 is 0 Å². The van der Waals surface area contributed by atoms with E-state index in [9.17, 15) is 0 Å². The minimum Gasteiger partial charge on any atom is -0.308 e. The molecule has 0 bridgehead atoms. The third-order valence-corrected chi connectivity index (χ3v) is 1.47. The summed E-state index contributed by atoms with van der Waals surface area (Å²) in [6, 6.07) is 0. The van der Waals surface area contributed by atoms with Crippen LogP contribution in [0.2, 0.25) is 0 Å². The Kier molecular flexibility index (Phi) is 5.64. The Labute approximate surface area is 71.3 Å². The molecule has 0 saturated carbocycles. The Hall–Kier alpha value is -0.0800. The summed E-state index contributed by atoms with van der Waals surface area (Å²) >= 11 is 3.26. The number of halogens is 1. The van der Waals surface area contributed by atoms with Gasteiger partial charge in [-0.2, -0.15) is 0 Å². The summed E-state index contributed by atoms with van der Waals surface area (Å²) in [5.74, 6) is 0. The fourth-order valence-corrected chi connectivity index (χ4v) is 0.698. The van der Waals surface area contributed by atoms with Gasteiger partial charge in [0.05, 0.1) is 0 Å². The molecule has 0 atom stereocenters. The maximum atomic E-state index is 3.86. The average molecular weight is 204 g/mol. The zero-order valence-corrected chi connectivity index (χ0v) is 8.00. The molecule has 1 N–H and O–H groups in total. The Bertz CT molecular complexity index is 129. The lowest BCUT2D eigenvalue weighted by atomic mass is 10.2. The summed E-state index contributed by atoms with van der Waals surface area (Å²) < 4.78 is 0.983. The minimum atomic E-state index is 0.818. The molecule has 58 valence electrons. The maximum Gasteiger partial charge on any atom is 0.0268 e. The van der Waals surface area contributed by atoms with E-state index in [4.69, 9.17) is 0 Å². The van der Waals surface area contributed by atoms with E-state index in [2.05, 4.69) is 41.3 Å². The quantitative estimate of drug-likeness (QED) is 0.678. The van der Waals surface area contributed by atoms with Crippen molar-refractivity contribution in [2.24, 2.45) is 0 Å². The first-order valence-corrected chi connectivity index (χ1v) is 4.16. The van der Waals surface area contributed by atoms with Gasteiger partial charge < -0.3 is 5.32 Å². The number of hydrogen-bond donors (Lipinski definition) is 1. The lowest BCUT2D eigenvalue weighted by Crippen LogP contribution is -2.17. The zero-order valence-electron chi connectivity index (χ0n) is 6.41. The predicted molar refractivity (Wildman–Crippen MR) is 50.4 cm³/mol. The Morgan fingerprint density at radius 3 is 2.40 bits per heavy atom. The van der Waals surface area contributed by atoms with Crippen molar-refractivity contribution in [3.63, 3.8) is 0 Å². The van der Waals surface area contributed by atoms with Gasteiger partial charge in [0.15, 0.2) is 0 Å². The minimum absolute atomic E-state index is 0.818. The smallest absolute Gasteiger partial charge is 0.0268 e. The molecule has 0 saturated heterocycles. The maximum absolute atomic E-state index is 3.86. The van der Waals surface area contributed by atoms with Gasteiger partial charge in [-0.1, -0.05) is 41.6 Å². The van der Waals surface area contributed by atoms with Crippen LogP contribution in [-0.2, 0) is 0 Å². The van der Waals surface area contributed by atoms with Crippen molar-refractivity contribution in [2.75, 3.05) is 13.1 Å². The van der Waals surface area contributed by atoms with Crippen molar-refractivity contribution >= 4 is 15.9 Å². The van der Waals surface area contributed by atoms with Crippen LogP contribution in [-0.4, -0.2) is 13.1 Å². The Morgan fingerprint density at radius 2 is 2.00 bits per heavy atom. The largest absolute Gasteiger partial charge is 0.308 e. The van der Waals surface area contributed by atoms with E-state index in [1.807, 2.05) is 0 Å². The van der Waals surface area contributed by atoms with Crippen molar-refractivity contribution < 1.29 is 0 Å². The van der Waals surface area contributed by atoms with Crippen LogP contribution in [0.25, 0.3) is 0 Å². The molecule has 0 heterocycles. The highest BCUT2D eigenvalue weighted by Crippen LogP contribution is 1.98. The van der Waals surface area contributed by atoms with Crippen LogP contribution in [0.4, 0.5) is 0 Å². The molecule has 10 heavy (non-hydrogen) atoms. The third-order valence-electron chi connectivity index (χ3n) is 1.19. The molecular weight excluding hydrogens is 190 g/mol. The van der Waals surface area contributed by atoms with Crippen LogP contribution in [0.5, 0.6) is 0 Å². The number of hydrogen-bond acceptors (Lipinski definition) is 1. The molecule has 0 aliphatic rings. The molecule has 2 heteroatoms. The lowest BCUT2D eigenvalue weighted by molar-refractivity contribution is 0.791. The van der Waals surface area contributed by atoms with Crippen LogP contribution >= 0.6 is 15.9 Å². The van der Waals surface area contributed by atoms with Crippen molar-refractivity contribution in [3.8, 4) is 0 Å². The van der Waals surface area contributed by atoms with Crippen molar-refractivity contribution in [1.82, 2.24) is 5.32 Å². The standard InChI is InChI=1S/C8H14BrN/c1-4-7(2)5-10-6-8(3)9/h10H,2-6H2,1H3. The molecule has 0 radical (unpaired) electrons. The van der Waals surface area contributed by atoms with Gasteiger partial charge in [-0.3, -0.25) is 0 Å². The first-order chi connectivity index (χ1) is 4.66. The monoisotopic (exact) mass is 203 g/mol. The SMILES string of the molecule is C=C(Br)CNCC(=C)CC. The Morgan fingerprint density at radius 1 is 1.40 bits per heavy atom. The third kappa shape index (κ3) is 6.05. The van der Waals surface area contributed by atoms with Gasteiger partial charge in [-0.05, 0) is 6.42 Å². The average Bonchev–Trinajstić information content (AvgIpc) is 1.87. The van der Waals surface area contributed by atoms with Crippen molar-refractivity contribution in [1.29, 1.82) is 0 Å². The highest BCUT2D eigenvalue weighted by Gasteiger charge is 1.89. The van der Waals surface area contributed by atoms with Crippen LogP contribution in [0, 0.1) is 0 Å². The van der Waals surface area contributed by atoms with Crippen LogP contribution < -0.4 is 5.32 Å². The Balaban J connectivity index is 3.20. The van der Waals surface area contributed by atoms with Gasteiger partial charge in [0.2, 0.25) is 0 Å². The molecule has 0 aliphatic carbocycles. The summed E-state index contributed by atoms with van der Waals surface area (Å²) in [5, 5.41) is 3.19. The first kappa shape index (κ1) is 9.92. The fourth-order valence-electron chi connectivity index (χ4n) is 0.500. The summed E-state index contributed by atoms with van der Waals surface area (Å²) in [6.45, 7) is 11.4. The van der Waals surface area contributed by atoms with Gasteiger partial charge >= 0.3 is 0 Å². The van der Waals surface area contributed by atoms with Gasteiger partial charge in [0, 0.05) is 17.6 Å². The molecule has 0 unspecified atom stereocenters. The number of rotatable bonds is 5. The molecule has 0 spiro atoms. The van der Waals surface area contributed by atoms with Crippen LogP contribution in [0.1, 0.15) is 13.3 Å². The van der Waals surface area contributed by atoms with Crippen LogP contribution in [0.3, 0.4) is 0 Å². The van der Waals surface area contributed by atoms with E-state index in [0.29, 0.717) is 0 Å². The lowest BCUT2D eigenvalue weighted by Gasteiger charge is -2.03. The molecule has 0 aliphatic heterocycles. The summed E-state index contributed by atoms with van der Waals surface area (Å²) in [5.41, 5.74) is 1.23. The van der Waals surface area contributed by atoms with Gasteiger partial charge in [0.1, 0.15) is 0 Å². The molecule has 0 rings (SSSR count). The summed E-state index contributed by atoms with van der Waals surface area (Å²) in [7, 11) is 0. The molecular formula is C8H14BrN. The van der Waals surface area contributed by atoms with Gasteiger partial charge in [-0.25, -0.2) is 0 Å². The second kappa shape index (κ2) is 5.69. The van der Waals surface area contributed by atoms with Gasteiger partial charge in [0.25, 0.3) is 0 Å². The molecule has 0 aromatic heterocycles. The van der Waals surface area contributed by atoms with E-state index in [0.717, 1.165) is 24.0 Å². The topological polar surface area (TPSA) is 12.0 Å². The van der Waals surface area contributed by atoms with Gasteiger partial charge in [-0.15, -0.1) is 0 Å². The molecule has 0 aromatic rings. The molecule has 1 nitrogen and oxygen atoms in total. The summed E-state index contributed by atoms with van der Waals surface area (Å²) in [4.78, 5) is 0. The highest BCUT2D eigenvalue weighted by atomic mass is 79.9. The van der Waals surface area contributed by atoms with E-state index < -0.39 is 0 Å². The van der Waals surface area contributed by atoms with E-state index in [1.165, 1.54) is 5.57 Å². The summed E-state index contributed by atoms with van der Waals surface area (Å²) in [6.07, 6.45) is 1.04. The molecule has 0 fully saturated rings. The second-order valence-corrected chi connectivity index (χ2v) is 3.35. The van der Waals surface area contributed by atoms with E-state index in [-0.39, 0.29) is 0 Å². The fraction of sp³-hybridized carbons (Fsp3) is 0.500. The van der Waals surface area contributed by atoms with Crippen LogP contribution in [0.15, 0.2) is 23.2 Å². The highest BCUT2D eigenvalue weighted by molar-refractivity contribution is 9.11. The normalized spacial score (nSPS) is 9.40. The predicted octanol–water partition coefficient (Wildman–Crippen LogP) is 2.45. The molecule has 0 amide bonds. The first-order valence-electron chi connectivity index (χ1n) is 3.37. The zero-order chi connectivity index (χ0) is 7.98. The molecule has 0 aromatic carbocycles. The number of nitrogens with one attached hydrogen (secondary N) is 1.